The number of aryl methyl sites for hydroxylation is 2. The smallest absolute Gasteiger partial charge is 0.303 e. The van der Waals surface area contributed by atoms with Crippen molar-refractivity contribution in [3.63, 3.8) is 0 Å². The number of carboxylic acids is 2. The van der Waals surface area contributed by atoms with Crippen LogP contribution in [0.2, 0.25) is 0 Å². The standard InChI is InChI=1S/C27H33NO7S.C23H22N2O8S/c1-26(2)20-13-14-27(26,24(29)17-20)18-36(32,33)28-21-8-10-22(11-9-21)34-15-16-35-23-6-4-3-5-19(23)7-12-25(30)31;26-23(27)14-9-17-5-1-3-7-21(17)33-16-15-32-19-12-10-18(11-13-19)24-34(30,31)22-8-4-2-6-20(22)25(28)29/h3-6,8-11,20,28H,7,12-18H2,1-2H3,(H,30,31);1-8,10-13,24H,9,14-16H2,(H,26,27). The minimum atomic E-state index is -4.16. The Morgan fingerprint density at radius 2 is 1.13 bits per heavy atom. The summed E-state index contributed by atoms with van der Waals surface area (Å²) < 4.78 is 78.8. The molecule has 20 heteroatoms. The summed E-state index contributed by atoms with van der Waals surface area (Å²) in [6.07, 6.45) is 2.79. The van der Waals surface area contributed by atoms with Crippen molar-refractivity contribution in [3.05, 3.63) is 143 Å². The molecule has 7 rings (SSSR count). The van der Waals surface area contributed by atoms with Crippen LogP contribution in [-0.4, -0.2) is 81.9 Å². The van der Waals surface area contributed by atoms with E-state index in [2.05, 4.69) is 9.44 Å². The van der Waals surface area contributed by atoms with Crippen molar-refractivity contribution in [1.29, 1.82) is 0 Å². The van der Waals surface area contributed by atoms with E-state index < -0.39 is 52.9 Å². The van der Waals surface area contributed by atoms with Crippen LogP contribution in [0.4, 0.5) is 17.1 Å². The van der Waals surface area contributed by atoms with E-state index >= 15 is 0 Å². The molecule has 70 heavy (non-hydrogen) atoms. The number of rotatable bonds is 24. The summed E-state index contributed by atoms with van der Waals surface area (Å²) in [7, 11) is -7.87. The summed E-state index contributed by atoms with van der Waals surface area (Å²) in [5.74, 6) is 0.653. The molecule has 2 atom stereocenters. The Hall–Kier alpha value is -7.19. The van der Waals surface area contributed by atoms with Gasteiger partial charge in [0.15, 0.2) is 4.90 Å². The molecule has 2 fully saturated rings. The number of carbonyl (C=O) groups excluding carboxylic acids is 1. The third-order valence-corrected chi connectivity index (χ3v) is 15.4. The van der Waals surface area contributed by atoms with E-state index in [0.717, 1.165) is 29.7 Å². The Morgan fingerprint density at radius 1 is 0.671 bits per heavy atom. The van der Waals surface area contributed by atoms with Crippen molar-refractivity contribution in [2.75, 3.05) is 41.6 Å². The van der Waals surface area contributed by atoms with Gasteiger partial charge in [0.2, 0.25) is 10.0 Å². The first-order valence-corrected chi connectivity index (χ1v) is 25.5. The monoisotopic (exact) mass is 1000 g/mol. The number of aliphatic carboxylic acids is 2. The van der Waals surface area contributed by atoms with Gasteiger partial charge in [0.25, 0.3) is 15.7 Å². The van der Waals surface area contributed by atoms with Crippen LogP contribution in [0.15, 0.2) is 126 Å². The number of nitrogens with zero attached hydrogens (tertiary/aromatic N) is 1. The van der Waals surface area contributed by atoms with Crippen LogP contribution in [0.3, 0.4) is 0 Å². The van der Waals surface area contributed by atoms with Crippen molar-refractivity contribution in [2.24, 2.45) is 16.7 Å². The number of nitro groups is 1. The molecule has 5 aromatic carbocycles. The number of ketones is 1. The van der Waals surface area contributed by atoms with E-state index in [1.165, 1.54) is 24.3 Å². The summed E-state index contributed by atoms with van der Waals surface area (Å²) in [5, 5.41) is 28.9. The lowest BCUT2D eigenvalue weighted by atomic mass is 9.70. The van der Waals surface area contributed by atoms with Gasteiger partial charge in [-0.25, -0.2) is 16.8 Å². The highest BCUT2D eigenvalue weighted by molar-refractivity contribution is 7.93. The fourth-order valence-corrected chi connectivity index (χ4v) is 11.9. The largest absolute Gasteiger partial charge is 0.490 e. The highest BCUT2D eigenvalue weighted by Crippen LogP contribution is 2.64. The van der Waals surface area contributed by atoms with Gasteiger partial charge >= 0.3 is 11.9 Å². The molecule has 5 aromatic rings. The third kappa shape index (κ3) is 13.5. The number of benzene rings is 5. The summed E-state index contributed by atoms with van der Waals surface area (Å²) >= 11 is 0. The lowest BCUT2D eigenvalue weighted by Crippen LogP contribution is -2.43. The maximum absolute atomic E-state index is 13.0. The van der Waals surface area contributed by atoms with E-state index in [1.807, 2.05) is 44.2 Å². The Morgan fingerprint density at radius 3 is 1.59 bits per heavy atom. The number of sulfonamides is 2. The number of hydrogen-bond acceptors (Lipinski definition) is 13. The number of ether oxygens (including phenoxy) is 4. The minimum absolute atomic E-state index is 0.00456. The maximum Gasteiger partial charge on any atom is 0.303 e. The SMILES string of the molecule is CC1(C)C2CCC1(CS(=O)(=O)Nc1ccc(OCCOc3ccccc3CCC(=O)O)cc1)C(=O)C2.O=C(O)CCc1ccccc1OCCOc1ccc(NS(=O)(=O)c2ccccc2[N+](=O)[O-])cc1. The number of Topliss-reactive ketones (excluding diaryl/α,β-unsaturated/α-hetero) is 1. The van der Waals surface area contributed by atoms with Crippen LogP contribution < -0.4 is 28.4 Å². The number of anilines is 2. The van der Waals surface area contributed by atoms with Gasteiger partial charge in [-0.3, -0.25) is 33.9 Å². The van der Waals surface area contributed by atoms with Gasteiger partial charge in [-0.2, -0.15) is 0 Å². The Bertz CT molecular complexity index is 2870. The average molecular weight is 1000 g/mol. The highest BCUT2D eigenvalue weighted by Gasteiger charge is 2.65. The lowest BCUT2D eigenvalue weighted by molar-refractivity contribution is -0.387. The first-order valence-electron chi connectivity index (χ1n) is 22.4. The fraction of sp³-hybridized carbons (Fsp3) is 0.340. The number of nitrogens with one attached hydrogen (secondary N) is 2. The molecule has 372 valence electrons. The van der Waals surface area contributed by atoms with Crippen molar-refractivity contribution >= 4 is 54.8 Å². The molecule has 0 amide bonds. The van der Waals surface area contributed by atoms with Crippen LogP contribution in [0.5, 0.6) is 23.0 Å². The second-order valence-electron chi connectivity index (χ2n) is 17.3. The van der Waals surface area contributed by atoms with Crippen LogP contribution in [0.1, 0.15) is 57.1 Å². The van der Waals surface area contributed by atoms with Crippen LogP contribution in [0, 0.1) is 26.9 Å². The second kappa shape index (κ2) is 22.9. The van der Waals surface area contributed by atoms with Crippen molar-refractivity contribution < 1.29 is 65.3 Å². The predicted octanol–water partition coefficient (Wildman–Crippen LogP) is 8.17. The quantitative estimate of drug-likeness (QED) is 0.0258. The Labute approximate surface area is 406 Å². The first-order chi connectivity index (χ1) is 33.3. The zero-order valence-corrected chi connectivity index (χ0v) is 40.2. The van der Waals surface area contributed by atoms with Gasteiger partial charge in [-0.05, 0) is 115 Å². The lowest BCUT2D eigenvalue weighted by Gasteiger charge is -2.36. The second-order valence-corrected chi connectivity index (χ2v) is 20.7. The molecule has 18 nitrogen and oxygen atoms in total. The third-order valence-electron chi connectivity index (χ3n) is 12.5. The van der Waals surface area contributed by atoms with E-state index in [-0.39, 0.29) is 67.8 Å². The molecule has 2 saturated carbocycles. The minimum Gasteiger partial charge on any atom is -0.490 e. The molecule has 0 aromatic heterocycles. The molecule has 0 saturated heterocycles. The highest BCUT2D eigenvalue weighted by atomic mass is 32.2. The number of carbonyl (C=O) groups is 3. The van der Waals surface area contributed by atoms with Gasteiger partial charge in [-0.15, -0.1) is 0 Å². The summed E-state index contributed by atoms with van der Waals surface area (Å²) in [6.45, 7) is 5.00. The molecule has 2 bridgehead atoms. The van der Waals surface area contributed by atoms with Crippen molar-refractivity contribution in [2.45, 2.75) is 63.7 Å². The molecule has 0 aliphatic heterocycles. The van der Waals surface area contributed by atoms with Gasteiger partial charge in [-0.1, -0.05) is 62.4 Å². The van der Waals surface area contributed by atoms with Crippen LogP contribution in [0.25, 0.3) is 0 Å². The predicted molar refractivity (Wildman–Crippen MR) is 260 cm³/mol. The summed E-state index contributed by atoms with van der Waals surface area (Å²) in [6, 6.07) is 32.2. The molecule has 2 aliphatic rings. The number of para-hydroxylation sites is 3. The zero-order chi connectivity index (χ0) is 50.5. The molecule has 4 N–H and O–H groups in total. The maximum atomic E-state index is 13.0. The molecular formula is C50H55N3O15S2. The summed E-state index contributed by atoms with van der Waals surface area (Å²) in [4.78, 5) is 44.3. The Kier molecular flexibility index (Phi) is 17.1. The van der Waals surface area contributed by atoms with Crippen molar-refractivity contribution in [3.8, 4) is 23.0 Å². The van der Waals surface area contributed by atoms with E-state index in [0.29, 0.717) is 54.4 Å². The number of hydrogen-bond donors (Lipinski definition) is 4. The van der Waals surface area contributed by atoms with Gasteiger partial charge < -0.3 is 29.2 Å². The number of nitro benzene ring substituents is 1. The van der Waals surface area contributed by atoms with E-state index in [4.69, 9.17) is 29.2 Å². The van der Waals surface area contributed by atoms with Crippen LogP contribution in [-0.2, 0) is 47.3 Å². The Balaban J connectivity index is 0.000000230. The molecule has 2 aliphatic carbocycles. The van der Waals surface area contributed by atoms with Gasteiger partial charge in [0.1, 0.15) is 55.2 Å². The summed E-state index contributed by atoms with van der Waals surface area (Å²) in [5.41, 5.74) is 0.620. The first kappa shape index (κ1) is 52.2. The van der Waals surface area contributed by atoms with Crippen LogP contribution >= 0.6 is 0 Å². The van der Waals surface area contributed by atoms with Crippen molar-refractivity contribution in [1.82, 2.24) is 0 Å². The molecule has 0 radical (unpaired) electrons. The number of carboxylic acid groups (broad SMARTS) is 2. The van der Waals surface area contributed by atoms with E-state index in [1.54, 1.807) is 54.6 Å². The normalized spacial score (nSPS) is 16.8. The molecular weight excluding hydrogens is 947 g/mol. The fourth-order valence-electron chi connectivity index (χ4n) is 8.74. The van der Waals surface area contributed by atoms with E-state index in [9.17, 15) is 41.3 Å². The molecule has 0 spiro atoms. The molecule has 2 unspecified atom stereocenters. The zero-order valence-electron chi connectivity index (χ0n) is 38.6. The van der Waals surface area contributed by atoms with Gasteiger partial charge in [0, 0.05) is 36.7 Å². The number of fused-ring (bicyclic) bond motifs is 2. The average Bonchev–Trinajstić information content (AvgIpc) is 3.66. The molecule has 0 heterocycles. The van der Waals surface area contributed by atoms with Gasteiger partial charge in [0.05, 0.1) is 16.1 Å². The topological polar surface area (TPSA) is 264 Å².